The van der Waals surface area contributed by atoms with E-state index in [4.69, 9.17) is 0 Å². The Hall–Kier alpha value is -4.27. The third kappa shape index (κ3) is 4.39. The Bertz CT molecular complexity index is 1510. The molecule has 1 aliphatic rings. The zero-order chi connectivity index (χ0) is 25.4. The molecule has 3 aromatic heterocycles. The number of aromatic nitrogens is 5. The zero-order valence-corrected chi connectivity index (χ0v) is 20.5. The van der Waals surface area contributed by atoms with Crippen molar-refractivity contribution in [3.05, 3.63) is 76.7 Å². The maximum atomic E-state index is 13.3. The molecular weight excluding hydrogens is 456 g/mol. The molecule has 2 bridgehead atoms. The van der Waals surface area contributed by atoms with Crippen molar-refractivity contribution in [2.45, 2.75) is 39.2 Å². The number of rotatable bonds is 2. The number of benzene rings is 1. The number of hydrogen-bond donors (Lipinski definition) is 2. The molecule has 1 aliphatic heterocycles. The predicted octanol–water partition coefficient (Wildman–Crippen LogP) is 4.07. The molecule has 36 heavy (non-hydrogen) atoms. The van der Waals surface area contributed by atoms with Crippen LogP contribution < -0.4 is 10.9 Å². The van der Waals surface area contributed by atoms with E-state index < -0.39 is 0 Å². The molecule has 0 saturated carbocycles. The summed E-state index contributed by atoms with van der Waals surface area (Å²) in [6.07, 6.45) is 6.88. The summed E-state index contributed by atoms with van der Waals surface area (Å²) in [5.74, 6) is -0.187. The minimum atomic E-state index is -0.364. The van der Waals surface area contributed by atoms with Gasteiger partial charge in [0.25, 0.3) is 5.56 Å². The number of phenols is 1. The molecule has 184 valence electrons. The molecule has 0 spiro atoms. The van der Waals surface area contributed by atoms with Gasteiger partial charge in [-0.3, -0.25) is 23.8 Å². The second-order valence-electron chi connectivity index (χ2n) is 9.38. The summed E-state index contributed by atoms with van der Waals surface area (Å²) in [6.45, 7) is 3.82. The van der Waals surface area contributed by atoms with E-state index in [-0.39, 0.29) is 29.2 Å². The Morgan fingerprint density at radius 1 is 1.08 bits per heavy atom. The van der Waals surface area contributed by atoms with Gasteiger partial charge in [0.05, 0.1) is 41.3 Å². The van der Waals surface area contributed by atoms with Gasteiger partial charge in [0, 0.05) is 36.4 Å². The normalized spacial score (nSPS) is 18.0. The Labute approximate surface area is 208 Å². The van der Waals surface area contributed by atoms with E-state index >= 15 is 0 Å². The molecule has 0 unspecified atom stereocenters. The highest BCUT2D eigenvalue weighted by Crippen LogP contribution is 2.33. The number of aromatic hydroxyl groups is 1. The monoisotopic (exact) mass is 484 g/mol. The van der Waals surface area contributed by atoms with Crippen LogP contribution in [0.15, 0.2) is 59.9 Å². The van der Waals surface area contributed by atoms with Crippen LogP contribution in [0.3, 0.4) is 0 Å². The summed E-state index contributed by atoms with van der Waals surface area (Å²) in [7, 11) is 1.83. The lowest BCUT2D eigenvalue weighted by Crippen LogP contribution is -2.27. The van der Waals surface area contributed by atoms with Crippen LogP contribution in [0.2, 0.25) is 0 Å². The minimum Gasteiger partial charge on any atom is -0.507 e. The maximum Gasteiger partial charge on any atom is 0.254 e. The van der Waals surface area contributed by atoms with E-state index in [1.54, 1.807) is 39.8 Å². The SMILES string of the molecule is Cc1ccc(O)c(-c2cc(=O)n([C@H]3CCC[C@@H](C)C(=O)Nc4cnn(C)c4-c4ccnc3c4)cn2)c1. The number of nitrogens with zero attached hydrogens (tertiary/aromatic N) is 5. The number of anilines is 1. The molecule has 2 N–H and O–H groups in total. The largest absolute Gasteiger partial charge is 0.507 e. The summed E-state index contributed by atoms with van der Waals surface area (Å²) in [4.78, 5) is 35.3. The molecule has 9 heteroatoms. The molecule has 0 fully saturated rings. The molecule has 9 nitrogen and oxygen atoms in total. The van der Waals surface area contributed by atoms with Crippen molar-refractivity contribution in [1.29, 1.82) is 0 Å². The standard InChI is InChI=1S/C27H28N6O3/c1-16-7-8-24(34)19(11-16)20-13-25(35)33(15-29-20)23-6-4-5-17(2)27(36)31-22-14-30-32(3)26(22)18-9-10-28-21(23)12-18/h7-15,17,23,34H,4-6H2,1-3H3,(H,31,36)/t17-,23+/m1/s1. The third-order valence-electron chi connectivity index (χ3n) is 6.75. The summed E-state index contributed by atoms with van der Waals surface area (Å²) in [6, 6.07) is 10.1. The van der Waals surface area contributed by atoms with Crippen LogP contribution >= 0.6 is 0 Å². The highest BCUT2D eigenvalue weighted by atomic mass is 16.3. The van der Waals surface area contributed by atoms with Gasteiger partial charge >= 0.3 is 0 Å². The molecule has 4 aromatic rings. The molecular formula is C27H28N6O3. The van der Waals surface area contributed by atoms with Crippen molar-refractivity contribution in [2.75, 3.05) is 5.32 Å². The second kappa shape index (κ2) is 9.41. The number of carbonyl (C=O) groups is 1. The molecule has 1 aromatic carbocycles. The van der Waals surface area contributed by atoms with Crippen molar-refractivity contribution < 1.29 is 9.90 Å². The molecule has 0 aliphatic carbocycles. The van der Waals surface area contributed by atoms with Crippen LogP contribution in [0, 0.1) is 12.8 Å². The van der Waals surface area contributed by atoms with E-state index in [0.717, 1.165) is 28.9 Å². The summed E-state index contributed by atoms with van der Waals surface area (Å²) in [5.41, 5.74) is 4.64. The second-order valence-corrected chi connectivity index (χ2v) is 9.38. The molecule has 4 heterocycles. The van der Waals surface area contributed by atoms with Gasteiger partial charge < -0.3 is 10.4 Å². The quantitative estimate of drug-likeness (QED) is 0.443. The van der Waals surface area contributed by atoms with Crippen molar-refractivity contribution in [1.82, 2.24) is 24.3 Å². The number of amides is 1. The number of nitrogens with one attached hydrogen (secondary N) is 1. The first-order valence-corrected chi connectivity index (χ1v) is 12.0. The lowest BCUT2D eigenvalue weighted by molar-refractivity contribution is -0.119. The fourth-order valence-electron chi connectivity index (χ4n) is 4.73. The molecule has 0 radical (unpaired) electrons. The summed E-state index contributed by atoms with van der Waals surface area (Å²) in [5, 5.41) is 17.7. The zero-order valence-electron chi connectivity index (χ0n) is 20.5. The van der Waals surface area contributed by atoms with E-state index in [2.05, 4.69) is 20.4 Å². The van der Waals surface area contributed by atoms with Gasteiger partial charge in [0.15, 0.2) is 0 Å². The number of carbonyl (C=O) groups excluding carboxylic acids is 1. The van der Waals surface area contributed by atoms with Gasteiger partial charge in [0.2, 0.25) is 5.91 Å². The summed E-state index contributed by atoms with van der Waals surface area (Å²) >= 11 is 0. The van der Waals surface area contributed by atoms with Crippen molar-refractivity contribution in [3.63, 3.8) is 0 Å². The van der Waals surface area contributed by atoms with Crippen LogP contribution in [0.5, 0.6) is 5.75 Å². The van der Waals surface area contributed by atoms with Crippen molar-refractivity contribution >= 4 is 11.6 Å². The molecule has 2 atom stereocenters. The highest BCUT2D eigenvalue weighted by Gasteiger charge is 2.24. The van der Waals surface area contributed by atoms with E-state index in [1.165, 1.54) is 12.4 Å². The Kier molecular flexibility index (Phi) is 6.13. The van der Waals surface area contributed by atoms with E-state index in [0.29, 0.717) is 29.8 Å². The number of pyridine rings is 1. The van der Waals surface area contributed by atoms with Gasteiger partial charge in [0.1, 0.15) is 5.75 Å². The average molecular weight is 485 g/mol. The third-order valence-corrected chi connectivity index (χ3v) is 6.75. The van der Waals surface area contributed by atoms with Gasteiger partial charge in [-0.2, -0.15) is 5.10 Å². The van der Waals surface area contributed by atoms with Crippen molar-refractivity contribution in [2.24, 2.45) is 13.0 Å². The first kappa shape index (κ1) is 23.5. The Morgan fingerprint density at radius 3 is 2.72 bits per heavy atom. The summed E-state index contributed by atoms with van der Waals surface area (Å²) < 4.78 is 3.31. The Balaban J connectivity index is 1.60. The molecule has 1 amide bonds. The fraction of sp³-hybridized carbons (Fsp3) is 0.296. The van der Waals surface area contributed by atoms with Crippen LogP contribution in [0.1, 0.15) is 43.5 Å². The van der Waals surface area contributed by atoms with Gasteiger partial charge in [-0.1, -0.05) is 25.0 Å². The molecule has 5 rings (SSSR count). The van der Waals surface area contributed by atoms with Gasteiger partial charge in [-0.25, -0.2) is 4.98 Å². The number of phenolic OH excluding ortho intramolecular Hbond substituents is 1. The van der Waals surface area contributed by atoms with Gasteiger partial charge in [-0.15, -0.1) is 0 Å². The first-order valence-electron chi connectivity index (χ1n) is 12.0. The lowest BCUT2D eigenvalue weighted by atomic mass is 9.97. The maximum absolute atomic E-state index is 13.3. The smallest absolute Gasteiger partial charge is 0.254 e. The van der Waals surface area contributed by atoms with E-state index in [1.807, 2.05) is 33.0 Å². The fourth-order valence-corrected chi connectivity index (χ4v) is 4.73. The minimum absolute atomic E-state index is 0.0585. The number of aryl methyl sites for hydroxylation is 2. The van der Waals surface area contributed by atoms with E-state index in [9.17, 15) is 14.7 Å². The van der Waals surface area contributed by atoms with Crippen LogP contribution in [0.4, 0.5) is 5.69 Å². The topological polar surface area (TPSA) is 115 Å². The highest BCUT2D eigenvalue weighted by molar-refractivity contribution is 5.95. The van der Waals surface area contributed by atoms with Crippen LogP contribution in [-0.2, 0) is 11.8 Å². The van der Waals surface area contributed by atoms with Crippen LogP contribution in [0.25, 0.3) is 22.5 Å². The first-order chi connectivity index (χ1) is 17.3. The Morgan fingerprint density at radius 2 is 1.92 bits per heavy atom. The number of fused-ring (bicyclic) bond motifs is 4. The lowest BCUT2D eigenvalue weighted by Gasteiger charge is -2.22. The molecule has 0 saturated heterocycles. The number of hydrogen-bond acceptors (Lipinski definition) is 6. The van der Waals surface area contributed by atoms with Gasteiger partial charge in [-0.05, 0) is 44.0 Å². The predicted molar refractivity (Wildman–Crippen MR) is 137 cm³/mol. The average Bonchev–Trinajstić information content (AvgIpc) is 3.22. The van der Waals surface area contributed by atoms with Crippen molar-refractivity contribution in [3.8, 4) is 28.3 Å². The van der Waals surface area contributed by atoms with Crippen LogP contribution in [-0.4, -0.2) is 35.3 Å².